The molecule has 1 aliphatic rings. The minimum atomic E-state index is -2.41. The van der Waals surface area contributed by atoms with E-state index in [0.717, 1.165) is 13.1 Å². The van der Waals surface area contributed by atoms with Gasteiger partial charge in [-0.05, 0) is 0 Å². The van der Waals surface area contributed by atoms with Crippen LogP contribution in [0.3, 0.4) is 0 Å². The molecule has 0 bridgehead atoms. The van der Waals surface area contributed by atoms with Gasteiger partial charge in [0.1, 0.15) is 0 Å². The summed E-state index contributed by atoms with van der Waals surface area (Å²) in [5, 5.41) is 0. The van der Waals surface area contributed by atoms with Crippen LogP contribution in [0.1, 0.15) is 11.1 Å². The third kappa shape index (κ3) is 4.04. The molecule has 1 saturated heterocycles. The molecule has 0 N–H and O–H groups in total. The molecule has 1 heterocycles. The van der Waals surface area contributed by atoms with E-state index in [1.165, 1.54) is 16.6 Å². The van der Waals surface area contributed by atoms with Gasteiger partial charge in [-0.2, -0.15) is 0 Å². The van der Waals surface area contributed by atoms with E-state index >= 15 is 0 Å². The van der Waals surface area contributed by atoms with E-state index in [4.69, 9.17) is 0 Å². The van der Waals surface area contributed by atoms with E-state index in [9.17, 15) is 0 Å². The zero-order valence-electron chi connectivity index (χ0n) is 16.2. The summed E-state index contributed by atoms with van der Waals surface area (Å²) >= 11 is -2.41. The summed E-state index contributed by atoms with van der Waals surface area (Å²) < 4.78 is 1.65. The summed E-state index contributed by atoms with van der Waals surface area (Å²) in [4.78, 5) is 12.6. The first-order valence-electron chi connectivity index (χ1n) is 9.15. The fourth-order valence-corrected chi connectivity index (χ4v) is 10.0. The van der Waals surface area contributed by atoms with Crippen LogP contribution in [0.15, 0.2) is 60.7 Å². The molecule has 3 rings (SSSR count). The fourth-order valence-electron chi connectivity index (χ4n) is 3.97. The third-order valence-electron chi connectivity index (χ3n) is 5.07. The number of likely N-dealkylation sites (N-methyl/N-ethyl adjacent to an activating group) is 2. The van der Waals surface area contributed by atoms with Crippen molar-refractivity contribution in [3.63, 3.8) is 0 Å². The number of benzene rings is 2. The van der Waals surface area contributed by atoms with Crippen LogP contribution in [0.25, 0.3) is 9.06 Å². The standard InChI is InChI=1S/C18H20BN2.3CH3.Sn/c1-20-13-14-21(2)19(20)18(17-11-7-4-8-12-17)15-16-9-5-3-6-10-16;;;;/h3-12H,13-14H2,1-2H3;3*1H3;. The summed E-state index contributed by atoms with van der Waals surface area (Å²) in [6.45, 7) is 2.60. The van der Waals surface area contributed by atoms with Gasteiger partial charge in [0.15, 0.2) is 0 Å². The van der Waals surface area contributed by atoms with E-state index < -0.39 is 18.4 Å². The van der Waals surface area contributed by atoms with Crippen LogP contribution in [0.4, 0.5) is 0 Å². The molecule has 0 amide bonds. The molecule has 0 aromatic heterocycles. The molecule has 25 heavy (non-hydrogen) atoms. The van der Waals surface area contributed by atoms with Crippen molar-refractivity contribution in [3.8, 4) is 0 Å². The topological polar surface area (TPSA) is 6.48 Å². The molecule has 0 unspecified atom stereocenters. The Kier molecular flexibility index (Phi) is 5.76. The Morgan fingerprint density at radius 3 is 1.64 bits per heavy atom. The van der Waals surface area contributed by atoms with E-state index in [2.05, 4.69) is 99.2 Å². The second kappa shape index (κ2) is 7.69. The van der Waals surface area contributed by atoms with E-state index in [1.54, 1.807) is 3.59 Å². The van der Waals surface area contributed by atoms with Crippen molar-refractivity contribution in [3.05, 3.63) is 71.8 Å². The first-order chi connectivity index (χ1) is 11.9. The van der Waals surface area contributed by atoms with Crippen molar-refractivity contribution in [1.82, 2.24) is 9.62 Å². The Labute approximate surface area is 157 Å². The van der Waals surface area contributed by atoms with Crippen LogP contribution in [0.5, 0.6) is 0 Å². The Balaban J connectivity index is 2.31. The average molecular weight is 439 g/mol. The maximum atomic E-state index is 2.54. The molecule has 0 atom stereocenters. The molecule has 0 aliphatic carbocycles. The monoisotopic (exact) mass is 440 g/mol. The van der Waals surface area contributed by atoms with Crippen molar-refractivity contribution < 1.29 is 0 Å². The molecule has 0 spiro atoms. The third-order valence-corrected chi connectivity index (χ3v) is 10.9. The Morgan fingerprint density at radius 1 is 0.760 bits per heavy atom. The van der Waals surface area contributed by atoms with Crippen LogP contribution in [-0.2, 0) is 0 Å². The Hall–Kier alpha value is -1.04. The van der Waals surface area contributed by atoms with Crippen LogP contribution < -0.4 is 0 Å². The fraction of sp³-hybridized carbons (Fsp3) is 0.333. The Morgan fingerprint density at radius 2 is 1.20 bits per heavy atom. The van der Waals surface area contributed by atoms with Gasteiger partial charge in [-0.3, -0.25) is 0 Å². The van der Waals surface area contributed by atoms with Crippen LogP contribution in [0.2, 0.25) is 14.8 Å². The van der Waals surface area contributed by atoms with Gasteiger partial charge in [0.05, 0.1) is 0 Å². The maximum absolute atomic E-state index is 2.54. The summed E-state index contributed by atoms with van der Waals surface area (Å²) in [6, 6.07) is 22.1. The first kappa shape index (κ1) is 18.7. The molecule has 130 valence electrons. The van der Waals surface area contributed by atoms with Crippen LogP contribution >= 0.6 is 0 Å². The van der Waals surface area contributed by atoms with Gasteiger partial charge in [0.2, 0.25) is 0 Å². The second-order valence-corrected chi connectivity index (χ2v) is 22.4. The van der Waals surface area contributed by atoms with Crippen molar-refractivity contribution in [2.45, 2.75) is 14.8 Å². The number of hydrogen-bond acceptors (Lipinski definition) is 2. The number of nitrogens with zero attached hydrogens (tertiary/aromatic N) is 2. The molecule has 2 aromatic carbocycles. The zero-order chi connectivity index (χ0) is 18.0. The molecule has 1 fully saturated rings. The van der Waals surface area contributed by atoms with Gasteiger partial charge >= 0.3 is 158 Å². The van der Waals surface area contributed by atoms with Crippen LogP contribution in [-0.4, -0.2) is 62.2 Å². The Bertz CT molecular complexity index is 727. The molecule has 4 heteroatoms. The zero-order valence-corrected chi connectivity index (χ0v) is 19.0. The van der Waals surface area contributed by atoms with Gasteiger partial charge in [-0.25, -0.2) is 0 Å². The first-order valence-corrected chi connectivity index (χ1v) is 19.1. The van der Waals surface area contributed by atoms with E-state index in [1.807, 2.05) is 0 Å². The van der Waals surface area contributed by atoms with Crippen molar-refractivity contribution in [2.75, 3.05) is 27.2 Å². The molecule has 1 aliphatic heterocycles. The molecule has 0 saturated carbocycles. The summed E-state index contributed by atoms with van der Waals surface area (Å²) in [5.41, 5.74) is 4.31. The molecule has 2 nitrogen and oxygen atoms in total. The average Bonchev–Trinajstić information content (AvgIpc) is 2.92. The van der Waals surface area contributed by atoms with Crippen molar-refractivity contribution >= 4 is 34.4 Å². The molecular weight excluding hydrogens is 410 g/mol. The number of hydrogen-bond donors (Lipinski definition) is 0. The van der Waals surface area contributed by atoms with Gasteiger partial charge in [-0.15, -0.1) is 0 Å². The summed E-state index contributed by atoms with van der Waals surface area (Å²) in [6.07, 6.45) is 0. The molecular formula is C21H29BN2Sn. The van der Waals surface area contributed by atoms with Gasteiger partial charge in [-0.1, -0.05) is 0 Å². The molecule has 2 aromatic rings. The second-order valence-electron chi connectivity index (χ2n) is 8.11. The van der Waals surface area contributed by atoms with Crippen molar-refractivity contribution in [2.24, 2.45) is 0 Å². The summed E-state index contributed by atoms with van der Waals surface area (Å²) in [5.74, 6) is 0. The SMILES string of the molecule is CN1CCN(C)B1/C(=[C](/c1ccccc1)[Sn]([CH3])([CH3])[CH3])c1ccccc1. The molecule has 0 radical (unpaired) electrons. The predicted molar refractivity (Wildman–Crippen MR) is 114 cm³/mol. The van der Waals surface area contributed by atoms with Gasteiger partial charge in [0.25, 0.3) is 0 Å². The van der Waals surface area contributed by atoms with E-state index in [-0.39, 0.29) is 0 Å². The summed E-state index contributed by atoms with van der Waals surface area (Å²) in [7, 11) is 4.52. The van der Waals surface area contributed by atoms with Gasteiger partial charge < -0.3 is 0 Å². The van der Waals surface area contributed by atoms with Gasteiger partial charge in [0, 0.05) is 0 Å². The van der Waals surface area contributed by atoms with Crippen molar-refractivity contribution in [1.29, 1.82) is 0 Å². The van der Waals surface area contributed by atoms with E-state index in [0.29, 0.717) is 6.98 Å². The minimum absolute atomic E-state index is 0.355. The van der Waals surface area contributed by atoms with Crippen LogP contribution in [0, 0.1) is 0 Å². The normalized spacial score (nSPS) is 17.7. The number of rotatable bonds is 4. The predicted octanol–water partition coefficient (Wildman–Crippen LogP) is 4.38. The quantitative estimate of drug-likeness (QED) is 0.516.